The highest BCUT2D eigenvalue weighted by molar-refractivity contribution is 5.95. The van der Waals surface area contributed by atoms with E-state index >= 15 is 0 Å². The smallest absolute Gasteiger partial charge is 0.228 e. The van der Waals surface area contributed by atoms with Crippen molar-refractivity contribution in [2.45, 2.75) is 77.8 Å². The van der Waals surface area contributed by atoms with E-state index in [1.54, 1.807) is 0 Å². The van der Waals surface area contributed by atoms with Gasteiger partial charge in [0.2, 0.25) is 11.8 Å². The average Bonchev–Trinajstić information content (AvgIpc) is 3.49. The molecule has 3 aliphatic rings. The van der Waals surface area contributed by atoms with Crippen LogP contribution in [-0.4, -0.2) is 33.2 Å². The van der Waals surface area contributed by atoms with Crippen molar-refractivity contribution in [3.63, 3.8) is 0 Å². The Morgan fingerprint density at radius 3 is 2.50 bits per heavy atom. The monoisotopic (exact) mass is 432 g/mol. The van der Waals surface area contributed by atoms with Gasteiger partial charge in [-0.15, -0.1) is 0 Å². The standard InChI is InChI=1S/C26H32N4O2/c1-17-9-11-19(12-10-17)16-30-23(31)14-13-21-18(2)27-24(28-25(21)30)22-8-5-15-29(22)26(32)20-6-3-4-7-20/h9-12,20,22H,3-8,13-16H2,1-2H3. The number of anilines is 1. The van der Waals surface area contributed by atoms with Crippen molar-refractivity contribution in [1.82, 2.24) is 14.9 Å². The molecule has 2 fully saturated rings. The van der Waals surface area contributed by atoms with Crippen LogP contribution in [0, 0.1) is 19.8 Å². The van der Waals surface area contributed by atoms with Crippen LogP contribution < -0.4 is 4.90 Å². The molecular formula is C26H32N4O2. The molecule has 2 aromatic rings. The zero-order valence-electron chi connectivity index (χ0n) is 19.1. The molecule has 0 spiro atoms. The molecule has 2 amide bonds. The lowest BCUT2D eigenvalue weighted by atomic mass is 10.0. The quantitative estimate of drug-likeness (QED) is 0.717. The summed E-state index contributed by atoms with van der Waals surface area (Å²) in [5.41, 5.74) is 4.29. The van der Waals surface area contributed by atoms with Crippen LogP contribution in [0.4, 0.5) is 5.82 Å². The Morgan fingerprint density at radius 2 is 1.75 bits per heavy atom. The normalized spacial score (nSPS) is 21.3. The van der Waals surface area contributed by atoms with Gasteiger partial charge in [0.05, 0.1) is 12.6 Å². The highest BCUT2D eigenvalue weighted by Gasteiger charge is 2.38. The number of carbonyl (C=O) groups is 2. The van der Waals surface area contributed by atoms with Crippen LogP contribution >= 0.6 is 0 Å². The molecule has 6 heteroatoms. The summed E-state index contributed by atoms with van der Waals surface area (Å²) in [4.78, 5) is 39.8. The first-order chi connectivity index (χ1) is 15.5. The van der Waals surface area contributed by atoms with Crippen LogP contribution in [0.3, 0.4) is 0 Å². The highest BCUT2D eigenvalue weighted by Crippen LogP contribution is 2.37. The van der Waals surface area contributed by atoms with E-state index in [0.29, 0.717) is 25.2 Å². The largest absolute Gasteiger partial charge is 0.332 e. The second-order valence-corrected chi connectivity index (χ2v) is 9.61. The SMILES string of the molecule is Cc1ccc(CN2C(=O)CCc3c(C)nc(C4CCCN4C(=O)C4CCCC4)nc32)cc1. The molecule has 32 heavy (non-hydrogen) atoms. The fraction of sp³-hybridized carbons (Fsp3) is 0.538. The van der Waals surface area contributed by atoms with E-state index in [1.165, 1.54) is 5.56 Å². The summed E-state index contributed by atoms with van der Waals surface area (Å²) in [6.07, 6.45) is 7.35. The zero-order valence-corrected chi connectivity index (χ0v) is 19.1. The summed E-state index contributed by atoms with van der Waals surface area (Å²) in [7, 11) is 0. The van der Waals surface area contributed by atoms with Crippen molar-refractivity contribution < 1.29 is 9.59 Å². The summed E-state index contributed by atoms with van der Waals surface area (Å²) in [5.74, 6) is 1.98. The van der Waals surface area contributed by atoms with E-state index in [0.717, 1.165) is 67.7 Å². The van der Waals surface area contributed by atoms with Gasteiger partial charge in [-0.05, 0) is 51.5 Å². The third-order valence-corrected chi connectivity index (χ3v) is 7.35. The third-order valence-electron chi connectivity index (χ3n) is 7.35. The molecule has 1 saturated heterocycles. The van der Waals surface area contributed by atoms with Crippen molar-refractivity contribution in [3.05, 3.63) is 52.5 Å². The van der Waals surface area contributed by atoms with Gasteiger partial charge in [-0.2, -0.15) is 0 Å². The molecular weight excluding hydrogens is 400 g/mol. The maximum atomic E-state index is 13.2. The lowest BCUT2D eigenvalue weighted by molar-refractivity contribution is -0.136. The van der Waals surface area contributed by atoms with Crippen LogP contribution in [0.1, 0.15) is 79.2 Å². The molecule has 5 rings (SSSR count). The highest BCUT2D eigenvalue weighted by atomic mass is 16.2. The molecule has 1 atom stereocenters. The van der Waals surface area contributed by atoms with Gasteiger partial charge in [-0.3, -0.25) is 14.5 Å². The number of nitrogens with zero attached hydrogens (tertiary/aromatic N) is 4. The van der Waals surface area contributed by atoms with Gasteiger partial charge in [-0.25, -0.2) is 9.97 Å². The number of hydrogen-bond acceptors (Lipinski definition) is 4. The Balaban J connectivity index is 1.47. The average molecular weight is 433 g/mol. The summed E-state index contributed by atoms with van der Waals surface area (Å²) >= 11 is 0. The lowest BCUT2D eigenvalue weighted by Crippen LogP contribution is -2.38. The van der Waals surface area contributed by atoms with Crippen molar-refractivity contribution >= 4 is 17.6 Å². The summed E-state index contributed by atoms with van der Waals surface area (Å²) in [5, 5.41) is 0. The van der Waals surface area contributed by atoms with Gasteiger partial charge in [-0.1, -0.05) is 42.7 Å². The van der Waals surface area contributed by atoms with Gasteiger partial charge in [0.25, 0.3) is 0 Å². The molecule has 1 unspecified atom stereocenters. The lowest BCUT2D eigenvalue weighted by Gasteiger charge is -2.31. The van der Waals surface area contributed by atoms with Crippen molar-refractivity contribution in [2.24, 2.45) is 5.92 Å². The van der Waals surface area contributed by atoms with Gasteiger partial charge in [0.1, 0.15) is 5.82 Å². The molecule has 0 N–H and O–H groups in total. The van der Waals surface area contributed by atoms with Crippen LogP contribution in [0.2, 0.25) is 0 Å². The van der Waals surface area contributed by atoms with E-state index in [-0.39, 0.29) is 23.8 Å². The topological polar surface area (TPSA) is 66.4 Å². The number of hydrogen-bond donors (Lipinski definition) is 0. The Hall–Kier alpha value is -2.76. The molecule has 1 aromatic heterocycles. The molecule has 2 aliphatic heterocycles. The number of amides is 2. The van der Waals surface area contributed by atoms with Gasteiger partial charge >= 0.3 is 0 Å². The van der Waals surface area contributed by atoms with Gasteiger partial charge in [0, 0.05) is 30.1 Å². The Kier molecular flexibility index (Phi) is 5.70. The summed E-state index contributed by atoms with van der Waals surface area (Å²) < 4.78 is 0. The Morgan fingerprint density at radius 1 is 1.00 bits per heavy atom. The Labute approximate surface area is 190 Å². The number of benzene rings is 1. The predicted octanol–water partition coefficient (Wildman–Crippen LogP) is 4.43. The van der Waals surface area contributed by atoms with Crippen molar-refractivity contribution in [1.29, 1.82) is 0 Å². The summed E-state index contributed by atoms with van der Waals surface area (Å²) in [6.45, 7) is 5.37. The molecule has 0 radical (unpaired) electrons. The maximum Gasteiger partial charge on any atom is 0.228 e. The second-order valence-electron chi connectivity index (χ2n) is 9.61. The first-order valence-electron chi connectivity index (χ1n) is 12.0. The van der Waals surface area contributed by atoms with E-state index < -0.39 is 0 Å². The summed E-state index contributed by atoms with van der Waals surface area (Å²) in [6, 6.07) is 8.22. The third kappa shape index (κ3) is 3.91. The van der Waals surface area contributed by atoms with Gasteiger partial charge < -0.3 is 4.90 Å². The first kappa shape index (κ1) is 21.1. The molecule has 1 saturated carbocycles. The number of aromatic nitrogens is 2. The maximum absolute atomic E-state index is 13.2. The molecule has 0 bridgehead atoms. The van der Waals surface area contributed by atoms with E-state index in [4.69, 9.17) is 9.97 Å². The number of fused-ring (bicyclic) bond motifs is 1. The van der Waals surface area contributed by atoms with Crippen molar-refractivity contribution in [3.8, 4) is 0 Å². The molecule has 1 aromatic carbocycles. The minimum absolute atomic E-state index is 0.0784. The van der Waals surface area contributed by atoms with Crippen LogP contribution in [-0.2, 0) is 22.6 Å². The first-order valence-corrected chi connectivity index (χ1v) is 12.0. The zero-order chi connectivity index (χ0) is 22.2. The molecule has 6 nitrogen and oxygen atoms in total. The van der Waals surface area contributed by atoms with Crippen LogP contribution in [0.15, 0.2) is 24.3 Å². The van der Waals surface area contributed by atoms with Gasteiger partial charge in [0.15, 0.2) is 5.82 Å². The molecule has 3 heterocycles. The molecule has 1 aliphatic carbocycles. The van der Waals surface area contributed by atoms with Crippen molar-refractivity contribution in [2.75, 3.05) is 11.4 Å². The second kappa shape index (κ2) is 8.64. The van der Waals surface area contributed by atoms with Crippen LogP contribution in [0.5, 0.6) is 0 Å². The van der Waals surface area contributed by atoms with E-state index in [9.17, 15) is 9.59 Å². The van der Waals surface area contributed by atoms with Crippen LogP contribution in [0.25, 0.3) is 0 Å². The number of carbonyl (C=O) groups excluding carboxylic acids is 2. The molecule has 168 valence electrons. The number of likely N-dealkylation sites (tertiary alicyclic amines) is 1. The minimum Gasteiger partial charge on any atom is -0.332 e. The fourth-order valence-electron chi connectivity index (χ4n) is 5.50. The number of rotatable bonds is 4. The Bertz CT molecular complexity index is 1030. The minimum atomic E-state index is -0.0784. The fourth-order valence-corrected chi connectivity index (χ4v) is 5.50. The van der Waals surface area contributed by atoms with E-state index in [1.807, 2.05) is 16.7 Å². The predicted molar refractivity (Wildman–Crippen MR) is 123 cm³/mol. The number of aryl methyl sites for hydroxylation is 2. The van der Waals surface area contributed by atoms with E-state index in [2.05, 4.69) is 31.2 Å².